The smallest absolute Gasteiger partial charge is 0.0664 e. The fourth-order valence-corrected chi connectivity index (χ4v) is 14.3. The maximum absolute atomic E-state index is 4.71. The second-order valence-corrected chi connectivity index (χ2v) is 19.5. The van der Waals surface area contributed by atoms with E-state index in [0.717, 1.165) is 47.3 Å². The van der Waals surface area contributed by atoms with Crippen molar-refractivity contribution < 1.29 is 0 Å². The van der Waals surface area contributed by atoms with Crippen LogP contribution in [0.4, 0.5) is 0 Å². The largest absolute Gasteiger partial charge is 0.313 e. The predicted molar refractivity (Wildman–Crippen MR) is 219 cm³/mol. The monoisotopic (exact) mass is 694 g/mol. The first-order valence-corrected chi connectivity index (χ1v) is 20.8. The van der Waals surface area contributed by atoms with Gasteiger partial charge in [0, 0.05) is 24.4 Å². The second kappa shape index (κ2) is 14.2. The molecule has 1 aromatic rings. The van der Waals surface area contributed by atoms with E-state index in [1.54, 1.807) is 5.57 Å². The van der Waals surface area contributed by atoms with Crippen LogP contribution in [-0.2, 0) is 0 Å². The topological polar surface area (TPSA) is 37.3 Å². The lowest BCUT2D eigenvalue weighted by molar-refractivity contribution is -0.0138. The molecule has 0 saturated heterocycles. The van der Waals surface area contributed by atoms with Crippen molar-refractivity contribution in [3.05, 3.63) is 59.5 Å². The van der Waals surface area contributed by atoms with Crippen LogP contribution < -0.4 is 5.43 Å². The molecular weight excluding hydrogens is 619 g/mol. The Morgan fingerprint density at radius 3 is 1.76 bits per heavy atom. The van der Waals surface area contributed by atoms with Crippen molar-refractivity contribution in [2.45, 2.75) is 153 Å². The van der Waals surface area contributed by atoms with Crippen molar-refractivity contribution in [2.24, 2.45) is 74.1 Å². The quantitative estimate of drug-likeness (QED) is 0.247. The van der Waals surface area contributed by atoms with Gasteiger partial charge in [-0.2, -0.15) is 5.10 Å². The minimum absolute atomic E-state index is 0. The lowest BCUT2D eigenvalue weighted by atomic mass is 9.47. The Hall–Kier alpha value is -2.16. The molecule has 282 valence electrons. The van der Waals surface area contributed by atoms with Crippen LogP contribution in [0.1, 0.15) is 158 Å². The maximum Gasteiger partial charge on any atom is 0.0664 e. The lowest BCUT2D eigenvalue weighted by Gasteiger charge is -2.57. The molecule has 5 fully saturated rings. The fourth-order valence-electron chi connectivity index (χ4n) is 14.3. The summed E-state index contributed by atoms with van der Waals surface area (Å²) in [5, 5.41) is 4.68. The normalized spacial score (nSPS) is 45.5. The first-order valence-electron chi connectivity index (χ1n) is 20.8. The van der Waals surface area contributed by atoms with Gasteiger partial charge in [-0.15, -0.1) is 0 Å². The summed E-state index contributed by atoms with van der Waals surface area (Å²) in [4.78, 5) is 4.71. The summed E-state index contributed by atoms with van der Waals surface area (Å²) in [5.41, 5.74) is 12.6. The highest BCUT2D eigenvalue weighted by atomic mass is 15.3. The van der Waals surface area contributed by atoms with Crippen LogP contribution in [0.15, 0.2) is 58.9 Å². The molecule has 0 spiro atoms. The molecule has 51 heavy (non-hydrogen) atoms. The highest BCUT2D eigenvalue weighted by Crippen LogP contribution is 2.67. The molecule has 3 nitrogen and oxygen atoms in total. The van der Waals surface area contributed by atoms with Crippen LogP contribution in [0.3, 0.4) is 0 Å². The Morgan fingerprint density at radius 2 is 1.20 bits per heavy atom. The van der Waals surface area contributed by atoms with Gasteiger partial charge in [0.05, 0.1) is 5.69 Å². The van der Waals surface area contributed by atoms with E-state index in [9.17, 15) is 0 Å². The van der Waals surface area contributed by atoms with E-state index in [4.69, 9.17) is 4.98 Å². The molecule has 1 N–H and O–H groups in total. The number of hydrogen-bond acceptors (Lipinski definition) is 3. The Morgan fingerprint density at radius 1 is 0.647 bits per heavy atom. The third kappa shape index (κ3) is 6.06. The van der Waals surface area contributed by atoms with Crippen molar-refractivity contribution in [1.82, 2.24) is 10.4 Å². The predicted octanol–water partition coefficient (Wildman–Crippen LogP) is 13.1. The Labute approximate surface area is 314 Å². The van der Waals surface area contributed by atoms with E-state index in [2.05, 4.69) is 82.4 Å². The molecule has 5 saturated carbocycles. The van der Waals surface area contributed by atoms with Gasteiger partial charge in [0.2, 0.25) is 0 Å². The van der Waals surface area contributed by atoms with Gasteiger partial charge in [0.25, 0.3) is 0 Å². The summed E-state index contributed by atoms with van der Waals surface area (Å²) in [6.07, 6.45) is 30.4. The first-order chi connectivity index (χ1) is 23.5. The van der Waals surface area contributed by atoms with Crippen molar-refractivity contribution in [1.29, 1.82) is 0 Å². The number of pyridine rings is 1. The average Bonchev–Trinajstić information content (AvgIpc) is 3.63. The van der Waals surface area contributed by atoms with Crippen molar-refractivity contribution in [3.8, 4) is 0 Å². The highest BCUT2D eigenvalue weighted by Gasteiger charge is 2.59. The number of nitrogens with zero attached hydrogens (tertiary/aromatic N) is 2. The second-order valence-electron chi connectivity index (χ2n) is 19.5. The molecule has 3 heteroatoms. The van der Waals surface area contributed by atoms with Gasteiger partial charge >= 0.3 is 0 Å². The van der Waals surface area contributed by atoms with Gasteiger partial charge in [-0.3, -0.25) is 4.98 Å². The summed E-state index contributed by atoms with van der Waals surface area (Å²) in [6.45, 7) is 15.2. The standard InChI is InChI=1S/C25H33N.C21H34N2.2CH4/c1-17-11-13-24(2)18(16-17)7-8-19-20-9-10-22(23-6-4-5-15-26-23)25(20,3)14-12-21(19)24;1-14-9-11-20(2)15(13-14)5-6-16-17-7-8-19(23-22-4)21(17,3)12-10-18(16)20;;/h4-7,10,15,17,19-21H,8-9,11-14,16H2,1-3H3;5,14,16-18,22H,6-13H2,1-4H3;2*1H4/b;23-19+;;/t17-,19?,20?,21?,24-,25-;14-,16?,17?,18?,20-,21-;;/m00../s1. The van der Waals surface area contributed by atoms with E-state index < -0.39 is 0 Å². The van der Waals surface area contributed by atoms with Gasteiger partial charge in [0.1, 0.15) is 0 Å². The van der Waals surface area contributed by atoms with Gasteiger partial charge in [-0.1, -0.05) is 91.8 Å². The van der Waals surface area contributed by atoms with Crippen LogP contribution in [0.5, 0.6) is 0 Å². The number of nitrogens with one attached hydrogen (secondary N) is 1. The number of allylic oxidation sites excluding steroid dienone is 6. The van der Waals surface area contributed by atoms with Gasteiger partial charge in [-0.05, 0) is 178 Å². The zero-order chi connectivity index (χ0) is 34.2. The van der Waals surface area contributed by atoms with Crippen LogP contribution in [0.25, 0.3) is 5.57 Å². The summed E-state index contributed by atoms with van der Waals surface area (Å²) in [6, 6.07) is 6.40. The van der Waals surface area contributed by atoms with Gasteiger partial charge < -0.3 is 5.43 Å². The SMILES string of the molecule is C.C.CN/N=C1\CCC2C3CC=C4C[C@@H](C)CC[C@]4(C)C3CC[C@]12C.C[C@H]1CC[C@@]2(C)C(=CCC3C2CC[C@]2(C)C(c4ccccn4)=CCC32)C1. The first kappa shape index (κ1) is 38.6. The van der Waals surface area contributed by atoms with E-state index >= 15 is 0 Å². The molecule has 12 atom stereocenters. The number of hydrogen-bond donors (Lipinski definition) is 1. The van der Waals surface area contributed by atoms with E-state index in [1.807, 2.05) is 30.5 Å². The minimum Gasteiger partial charge on any atom is -0.313 e. The van der Waals surface area contributed by atoms with E-state index in [0.29, 0.717) is 21.7 Å². The summed E-state index contributed by atoms with van der Waals surface area (Å²) in [5.74, 6) is 7.08. The zero-order valence-electron chi connectivity index (χ0n) is 32.2. The molecule has 0 aromatic carbocycles. The Balaban J connectivity index is 0.000000170. The molecule has 9 rings (SSSR count). The van der Waals surface area contributed by atoms with E-state index in [1.165, 1.54) is 108 Å². The third-order valence-corrected chi connectivity index (χ3v) is 17.2. The number of fused-ring (bicyclic) bond motifs is 10. The summed E-state index contributed by atoms with van der Waals surface area (Å²) < 4.78 is 0. The molecule has 1 aromatic heterocycles. The highest BCUT2D eigenvalue weighted by molar-refractivity contribution is 5.92. The number of rotatable bonds is 2. The van der Waals surface area contributed by atoms with Crippen LogP contribution >= 0.6 is 0 Å². The van der Waals surface area contributed by atoms with Crippen LogP contribution in [0, 0.1) is 69.0 Å². The molecule has 0 amide bonds. The van der Waals surface area contributed by atoms with Crippen LogP contribution in [0.2, 0.25) is 0 Å². The molecule has 0 aliphatic heterocycles. The van der Waals surface area contributed by atoms with Gasteiger partial charge in [-0.25, -0.2) is 0 Å². The summed E-state index contributed by atoms with van der Waals surface area (Å²) in [7, 11) is 1.95. The molecule has 0 radical (unpaired) electrons. The third-order valence-electron chi connectivity index (χ3n) is 17.2. The maximum atomic E-state index is 4.71. The molecular formula is C48H75N3. The van der Waals surface area contributed by atoms with Crippen molar-refractivity contribution >= 4 is 11.3 Å². The molecule has 1 heterocycles. The molecule has 0 bridgehead atoms. The minimum atomic E-state index is 0. The number of aromatic nitrogens is 1. The fraction of sp³-hybridized carbons (Fsp3) is 0.750. The van der Waals surface area contributed by atoms with Crippen molar-refractivity contribution in [3.63, 3.8) is 0 Å². The van der Waals surface area contributed by atoms with Crippen molar-refractivity contribution in [2.75, 3.05) is 7.05 Å². The number of hydrazone groups is 1. The molecule has 8 aliphatic rings. The molecule has 8 aliphatic carbocycles. The lowest BCUT2D eigenvalue weighted by Crippen LogP contribution is -2.50. The summed E-state index contributed by atoms with van der Waals surface area (Å²) >= 11 is 0. The van der Waals surface area contributed by atoms with E-state index in [-0.39, 0.29) is 14.9 Å². The average molecular weight is 694 g/mol. The zero-order valence-corrected chi connectivity index (χ0v) is 32.2. The van der Waals surface area contributed by atoms with Gasteiger partial charge in [0.15, 0.2) is 0 Å². The Kier molecular flexibility index (Phi) is 10.8. The van der Waals surface area contributed by atoms with Crippen LogP contribution in [-0.4, -0.2) is 17.7 Å². The Bertz CT molecular complexity index is 1530. The molecule has 6 unspecified atom stereocenters.